The largest absolute Gasteiger partial charge is 0.493 e. The van der Waals surface area contributed by atoms with Crippen LogP contribution in [0.25, 0.3) is 0 Å². The second-order valence-electron chi connectivity index (χ2n) is 5.60. The van der Waals surface area contributed by atoms with E-state index in [1.807, 2.05) is 12.1 Å². The molecule has 7 nitrogen and oxygen atoms in total. The van der Waals surface area contributed by atoms with Gasteiger partial charge in [0.25, 0.3) is 5.69 Å². The van der Waals surface area contributed by atoms with Crippen LogP contribution >= 0.6 is 0 Å². The SMILES string of the molecule is COc1cc2c(cc1OC)/C(=N/OCc1ccc([N+](=O)[O-])cc1)CC2. The molecule has 0 saturated heterocycles. The molecule has 0 heterocycles. The second kappa shape index (κ2) is 7.21. The molecule has 0 aromatic heterocycles. The van der Waals surface area contributed by atoms with Crippen molar-refractivity contribution in [2.24, 2.45) is 5.16 Å². The van der Waals surface area contributed by atoms with Gasteiger partial charge >= 0.3 is 0 Å². The fourth-order valence-corrected chi connectivity index (χ4v) is 2.78. The van der Waals surface area contributed by atoms with Gasteiger partial charge in [-0.3, -0.25) is 10.1 Å². The molecule has 1 aliphatic carbocycles. The molecule has 0 bridgehead atoms. The minimum absolute atomic E-state index is 0.0563. The van der Waals surface area contributed by atoms with Crippen molar-refractivity contribution in [1.29, 1.82) is 0 Å². The third kappa shape index (κ3) is 3.55. The van der Waals surface area contributed by atoms with Gasteiger partial charge in [0.15, 0.2) is 11.5 Å². The molecule has 0 saturated carbocycles. The Hall–Kier alpha value is -3.09. The minimum atomic E-state index is -0.429. The zero-order valence-electron chi connectivity index (χ0n) is 14.0. The van der Waals surface area contributed by atoms with E-state index in [1.165, 1.54) is 12.1 Å². The number of ether oxygens (including phenoxy) is 2. The monoisotopic (exact) mass is 342 g/mol. The number of rotatable bonds is 6. The van der Waals surface area contributed by atoms with Crippen LogP contribution in [0.1, 0.15) is 23.1 Å². The lowest BCUT2D eigenvalue weighted by atomic mass is 10.1. The van der Waals surface area contributed by atoms with E-state index in [0.717, 1.165) is 35.2 Å². The summed E-state index contributed by atoms with van der Waals surface area (Å²) in [6, 6.07) is 10.1. The first-order valence-electron chi connectivity index (χ1n) is 7.80. The van der Waals surface area contributed by atoms with Crippen LogP contribution in [0, 0.1) is 10.1 Å². The van der Waals surface area contributed by atoms with E-state index >= 15 is 0 Å². The number of hydrogen-bond donors (Lipinski definition) is 0. The molecule has 2 aromatic rings. The Morgan fingerprint density at radius 1 is 1.08 bits per heavy atom. The van der Waals surface area contributed by atoms with Crippen molar-refractivity contribution < 1.29 is 19.2 Å². The Kier molecular flexibility index (Phi) is 4.83. The van der Waals surface area contributed by atoms with E-state index in [2.05, 4.69) is 5.16 Å². The summed E-state index contributed by atoms with van der Waals surface area (Å²) in [5.41, 5.74) is 3.89. The maximum Gasteiger partial charge on any atom is 0.269 e. The van der Waals surface area contributed by atoms with Gasteiger partial charge < -0.3 is 14.3 Å². The quantitative estimate of drug-likeness (QED) is 0.593. The van der Waals surface area contributed by atoms with E-state index in [4.69, 9.17) is 14.3 Å². The number of nitro benzene ring substituents is 1. The summed E-state index contributed by atoms with van der Waals surface area (Å²) in [4.78, 5) is 15.7. The van der Waals surface area contributed by atoms with Crippen LogP contribution in [0.3, 0.4) is 0 Å². The molecule has 0 atom stereocenters. The van der Waals surface area contributed by atoms with Crippen LogP contribution < -0.4 is 9.47 Å². The van der Waals surface area contributed by atoms with Gasteiger partial charge in [0, 0.05) is 17.7 Å². The first-order chi connectivity index (χ1) is 12.1. The van der Waals surface area contributed by atoms with Crippen LogP contribution in [0.15, 0.2) is 41.6 Å². The van der Waals surface area contributed by atoms with E-state index in [0.29, 0.717) is 11.5 Å². The number of methoxy groups -OCH3 is 2. The van der Waals surface area contributed by atoms with Crippen LogP contribution in [-0.4, -0.2) is 24.9 Å². The van der Waals surface area contributed by atoms with Gasteiger partial charge in [-0.25, -0.2) is 0 Å². The molecule has 0 fully saturated rings. The molecular weight excluding hydrogens is 324 g/mol. The normalized spacial score (nSPS) is 14.2. The number of oxime groups is 1. The molecule has 0 radical (unpaired) electrons. The first-order valence-corrected chi connectivity index (χ1v) is 7.80. The summed E-state index contributed by atoms with van der Waals surface area (Å²) in [6.07, 6.45) is 1.65. The molecule has 3 rings (SSSR count). The maximum absolute atomic E-state index is 10.6. The van der Waals surface area contributed by atoms with Crippen LogP contribution in [0.2, 0.25) is 0 Å². The number of fused-ring (bicyclic) bond motifs is 1. The summed E-state index contributed by atoms with van der Waals surface area (Å²) < 4.78 is 10.7. The van der Waals surface area contributed by atoms with Gasteiger partial charge in [-0.1, -0.05) is 5.16 Å². The van der Waals surface area contributed by atoms with Crippen LogP contribution in [0.5, 0.6) is 11.5 Å². The lowest BCUT2D eigenvalue weighted by Crippen LogP contribution is -1.99. The summed E-state index contributed by atoms with van der Waals surface area (Å²) in [7, 11) is 3.21. The maximum atomic E-state index is 10.6. The number of nitrogens with zero attached hydrogens (tertiary/aromatic N) is 2. The predicted octanol–water partition coefficient (Wildman–Crippen LogP) is 3.48. The number of nitro groups is 1. The third-order valence-electron chi connectivity index (χ3n) is 4.10. The highest BCUT2D eigenvalue weighted by atomic mass is 16.6. The van der Waals surface area contributed by atoms with Gasteiger partial charge in [-0.05, 0) is 48.2 Å². The average Bonchev–Trinajstić information content (AvgIpc) is 3.03. The van der Waals surface area contributed by atoms with Crippen molar-refractivity contribution >= 4 is 11.4 Å². The molecule has 0 amide bonds. The highest BCUT2D eigenvalue weighted by molar-refractivity contribution is 6.04. The summed E-state index contributed by atoms with van der Waals surface area (Å²) in [5.74, 6) is 1.36. The zero-order chi connectivity index (χ0) is 17.8. The fourth-order valence-electron chi connectivity index (χ4n) is 2.78. The lowest BCUT2D eigenvalue weighted by molar-refractivity contribution is -0.384. The average molecular weight is 342 g/mol. The smallest absolute Gasteiger partial charge is 0.269 e. The molecule has 7 heteroatoms. The van der Waals surface area contributed by atoms with E-state index in [9.17, 15) is 10.1 Å². The van der Waals surface area contributed by atoms with Gasteiger partial charge in [0.05, 0.1) is 24.9 Å². The van der Waals surface area contributed by atoms with E-state index in [1.54, 1.807) is 26.4 Å². The lowest BCUT2D eigenvalue weighted by Gasteiger charge is -2.10. The highest BCUT2D eigenvalue weighted by Crippen LogP contribution is 2.35. The Balaban J connectivity index is 1.71. The number of benzene rings is 2. The highest BCUT2D eigenvalue weighted by Gasteiger charge is 2.22. The Morgan fingerprint density at radius 3 is 2.40 bits per heavy atom. The molecule has 1 aliphatic rings. The predicted molar refractivity (Wildman–Crippen MR) is 92.3 cm³/mol. The molecule has 130 valence electrons. The van der Waals surface area contributed by atoms with Crippen molar-refractivity contribution in [1.82, 2.24) is 0 Å². The summed E-state index contributed by atoms with van der Waals surface area (Å²) in [5, 5.41) is 14.9. The minimum Gasteiger partial charge on any atom is -0.493 e. The zero-order valence-corrected chi connectivity index (χ0v) is 14.0. The molecule has 0 spiro atoms. The van der Waals surface area contributed by atoms with Gasteiger partial charge in [0.1, 0.15) is 6.61 Å². The fraction of sp³-hybridized carbons (Fsp3) is 0.278. The number of aryl methyl sites for hydroxylation is 1. The van der Waals surface area contributed by atoms with Crippen molar-refractivity contribution in [3.63, 3.8) is 0 Å². The van der Waals surface area contributed by atoms with Crippen LogP contribution in [0.4, 0.5) is 5.69 Å². The first kappa shape index (κ1) is 16.8. The van der Waals surface area contributed by atoms with E-state index < -0.39 is 4.92 Å². The summed E-state index contributed by atoms with van der Waals surface area (Å²) >= 11 is 0. The van der Waals surface area contributed by atoms with Crippen molar-refractivity contribution in [3.05, 3.63) is 63.2 Å². The second-order valence-corrected chi connectivity index (χ2v) is 5.60. The molecular formula is C18H18N2O5. The van der Waals surface area contributed by atoms with Crippen molar-refractivity contribution in [3.8, 4) is 11.5 Å². The number of hydrogen-bond acceptors (Lipinski definition) is 6. The van der Waals surface area contributed by atoms with Crippen LogP contribution in [-0.2, 0) is 17.9 Å². The third-order valence-corrected chi connectivity index (χ3v) is 4.10. The van der Waals surface area contributed by atoms with Gasteiger partial charge in [0.2, 0.25) is 0 Å². The topological polar surface area (TPSA) is 83.2 Å². The molecule has 25 heavy (non-hydrogen) atoms. The standard InChI is InChI=1S/C18H18N2O5/c1-23-17-9-13-5-8-16(15(13)10-18(17)24-2)19-25-11-12-3-6-14(7-4-12)20(21)22/h3-4,6-7,9-10H,5,8,11H2,1-2H3/b19-16+. The Morgan fingerprint density at radius 2 is 1.76 bits per heavy atom. The Bertz CT molecular complexity index is 815. The summed E-state index contributed by atoms with van der Waals surface area (Å²) in [6.45, 7) is 0.254. The molecule has 0 aliphatic heterocycles. The van der Waals surface area contributed by atoms with Crippen molar-refractivity contribution in [2.45, 2.75) is 19.4 Å². The van der Waals surface area contributed by atoms with Crippen molar-refractivity contribution in [2.75, 3.05) is 14.2 Å². The molecule has 2 aromatic carbocycles. The Labute approximate surface area is 145 Å². The molecule has 0 N–H and O–H groups in total. The van der Waals surface area contributed by atoms with Gasteiger partial charge in [-0.15, -0.1) is 0 Å². The molecule has 0 unspecified atom stereocenters. The number of non-ortho nitro benzene ring substituents is 1. The van der Waals surface area contributed by atoms with Gasteiger partial charge in [-0.2, -0.15) is 0 Å². The van der Waals surface area contributed by atoms with E-state index in [-0.39, 0.29) is 12.3 Å².